The fraction of sp³-hybridized carbons (Fsp3) is 0.385. The Labute approximate surface area is 129 Å². The first-order valence-electron chi connectivity index (χ1n) is 6.32. The molecule has 7 nitrogen and oxygen atoms in total. The van der Waals surface area contributed by atoms with E-state index in [0.29, 0.717) is 13.0 Å². The number of amides is 1. The summed E-state index contributed by atoms with van der Waals surface area (Å²) in [6.45, 7) is 4.19. The Hall–Kier alpha value is -1.99. The van der Waals surface area contributed by atoms with E-state index in [-0.39, 0.29) is 18.3 Å². The number of hydrogen-bond donors (Lipinski definition) is 2. The first-order chi connectivity index (χ1) is 9.44. The second kappa shape index (κ2) is 7.14. The summed E-state index contributed by atoms with van der Waals surface area (Å²) < 4.78 is 1.56. The van der Waals surface area contributed by atoms with Crippen LogP contribution in [0.5, 0.6) is 0 Å². The van der Waals surface area contributed by atoms with Gasteiger partial charge in [0.2, 0.25) is 5.91 Å². The lowest BCUT2D eigenvalue weighted by atomic mass is 10.1. The van der Waals surface area contributed by atoms with E-state index in [9.17, 15) is 4.79 Å². The molecule has 0 aliphatic rings. The number of halogens is 1. The smallest absolute Gasteiger partial charge is 0.224 e. The average molecular weight is 311 g/mol. The second-order valence-electron chi connectivity index (χ2n) is 5.36. The first kappa shape index (κ1) is 17.1. The molecule has 0 radical (unpaired) electrons. The van der Waals surface area contributed by atoms with Crippen LogP contribution in [0.1, 0.15) is 19.4 Å². The Balaban J connectivity index is 0.00000220. The van der Waals surface area contributed by atoms with Crippen LogP contribution in [-0.4, -0.2) is 38.2 Å². The van der Waals surface area contributed by atoms with Gasteiger partial charge < -0.3 is 11.1 Å². The minimum Gasteiger partial charge on any atom is -0.354 e. The van der Waals surface area contributed by atoms with Crippen molar-refractivity contribution >= 4 is 18.3 Å². The van der Waals surface area contributed by atoms with Gasteiger partial charge in [-0.3, -0.25) is 4.79 Å². The molecule has 0 bridgehead atoms. The van der Waals surface area contributed by atoms with Crippen molar-refractivity contribution in [2.24, 2.45) is 5.73 Å². The Morgan fingerprint density at radius 3 is 2.52 bits per heavy atom. The standard InChI is InChI=1S/C13H18N6O.ClH/c1-13(2,14)8-15-12(20)7-10-3-5-11(6-4-10)19-9-16-17-18-19;/h3-6,9H,7-8,14H2,1-2H3,(H,15,20);1H. The van der Waals surface area contributed by atoms with Gasteiger partial charge in [0, 0.05) is 12.1 Å². The zero-order valence-corrected chi connectivity index (χ0v) is 12.8. The molecule has 8 heteroatoms. The molecule has 0 aliphatic carbocycles. The number of rotatable bonds is 5. The SMILES string of the molecule is CC(C)(N)CNC(=O)Cc1ccc(-n2cnnn2)cc1.Cl. The quantitative estimate of drug-likeness (QED) is 0.837. The molecule has 2 aromatic rings. The first-order valence-corrected chi connectivity index (χ1v) is 6.32. The predicted octanol–water partition coefficient (Wildman–Crippen LogP) is 0.480. The number of tetrazole rings is 1. The third kappa shape index (κ3) is 5.49. The van der Waals surface area contributed by atoms with Crippen molar-refractivity contribution in [3.05, 3.63) is 36.2 Å². The predicted molar refractivity (Wildman–Crippen MR) is 81.4 cm³/mol. The molecule has 0 unspecified atom stereocenters. The van der Waals surface area contributed by atoms with Gasteiger partial charge in [-0.2, -0.15) is 0 Å². The van der Waals surface area contributed by atoms with Crippen LogP contribution < -0.4 is 11.1 Å². The van der Waals surface area contributed by atoms with E-state index < -0.39 is 5.54 Å². The van der Waals surface area contributed by atoms with Crippen LogP contribution in [0.3, 0.4) is 0 Å². The maximum absolute atomic E-state index is 11.8. The van der Waals surface area contributed by atoms with E-state index in [4.69, 9.17) is 5.73 Å². The molecule has 0 saturated carbocycles. The van der Waals surface area contributed by atoms with Crippen molar-refractivity contribution in [1.29, 1.82) is 0 Å². The Morgan fingerprint density at radius 2 is 2.00 bits per heavy atom. The molecule has 1 amide bonds. The van der Waals surface area contributed by atoms with Crippen LogP contribution in [-0.2, 0) is 11.2 Å². The lowest BCUT2D eigenvalue weighted by molar-refractivity contribution is -0.120. The van der Waals surface area contributed by atoms with Crippen LogP contribution in [0.2, 0.25) is 0 Å². The summed E-state index contributed by atoms with van der Waals surface area (Å²) in [7, 11) is 0. The minimum absolute atomic E-state index is 0. The van der Waals surface area contributed by atoms with E-state index in [1.165, 1.54) is 6.33 Å². The number of benzene rings is 1. The van der Waals surface area contributed by atoms with E-state index in [1.807, 2.05) is 38.1 Å². The van der Waals surface area contributed by atoms with E-state index in [0.717, 1.165) is 11.3 Å². The van der Waals surface area contributed by atoms with Crippen LogP contribution in [0.4, 0.5) is 0 Å². The monoisotopic (exact) mass is 310 g/mol. The number of aromatic nitrogens is 4. The van der Waals surface area contributed by atoms with Crippen molar-refractivity contribution in [2.45, 2.75) is 25.8 Å². The molecule has 114 valence electrons. The fourth-order valence-corrected chi connectivity index (χ4v) is 1.62. The topological polar surface area (TPSA) is 98.7 Å². The normalized spacial score (nSPS) is 10.8. The summed E-state index contributed by atoms with van der Waals surface area (Å²) in [5.74, 6) is -0.0429. The number of hydrogen-bond acceptors (Lipinski definition) is 5. The Morgan fingerprint density at radius 1 is 1.33 bits per heavy atom. The highest BCUT2D eigenvalue weighted by atomic mass is 35.5. The number of carbonyl (C=O) groups excluding carboxylic acids is 1. The van der Waals surface area contributed by atoms with Crippen molar-refractivity contribution in [2.75, 3.05) is 6.54 Å². The third-order valence-corrected chi connectivity index (χ3v) is 2.66. The van der Waals surface area contributed by atoms with Gasteiger partial charge in [-0.05, 0) is 42.0 Å². The highest BCUT2D eigenvalue weighted by Gasteiger charge is 2.12. The zero-order chi connectivity index (χ0) is 14.6. The Bertz CT molecular complexity index is 561. The van der Waals surface area contributed by atoms with E-state index in [2.05, 4.69) is 20.8 Å². The molecule has 1 heterocycles. The molecular weight excluding hydrogens is 292 g/mol. The fourth-order valence-electron chi connectivity index (χ4n) is 1.62. The molecule has 0 fully saturated rings. The van der Waals surface area contributed by atoms with Crippen LogP contribution in [0.15, 0.2) is 30.6 Å². The van der Waals surface area contributed by atoms with Gasteiger partial charge in [0.25, 0.3) is 0 Å². The highest BCUT2D eigenvalue weighted by molar-refractivity contribution is 5.85. The van der Waals surface area contributed by atoms with Gasteiger partial charge in [0.05, 0.1) is 12.1 Å². The molecule has 21 heavy (non-hydrogen) atoms. The molecule has 0 atom stereocenters. The second-order valence-corrected chi connectivity index (χ2v) is 5.36. The van der Waals surface area contributed by atoms with Gasteiger partial charge in [0.1, 0.15) is 6.33 Å². The summed E-state index contributed by atoms with van der Waals surface area (Å²) in [6, 6.07) is 7.49. The molecule has 0 saturated heterocycles. The lowest BCUT2D eigenvalue weighted by Crippen LogP contribution is -2.45. The van der Waals surface area contributed by atoms with Crippen LogP contribution in [0.25, 0.3) is 5.69 Å². The third-order valence-electron chi connectivity index (χ3n) is 2.66. The van der Waals surface area contributed by atoms with E-state index in [1.54, 1.807) is 4.68 Å². The summed E-state index contributed by atoms with van der Waals surface area (Å²) in [6.07, 6.45) is 1.84. The molecule has 0 spiro atoms. The van der Waals surface area contributed by atoms with Crippen molar-refractivity contribution < 1.29 is 4.79 Å². The summed E-state index contributed by atoms with van der Waals surface area (Å²) in [4.78, 5) is 11.8. The molecule has 0 aliphatic heterocycles. The zero-order valence-electron chi connectivity index (χ0n) is 12.0. The largest absolute Gasteiger partial charge is 0.354 e. The summed E-state index contributed by atoms with van der Waals surface area (Å²) in [5.41, 5.74) is 7.19. The van der Waals surface area contributed by atoms with Crippen molar-refractivity contribution in [3.8, 4) is 5.69 Å². The molecule has 1 aromatic carbocycles. The molecule has 3 N–H and O–H groups in total. The average Bonchev–Trinajstić information content (AvgIpc) is 2.90. The van der Waals surface area contributed by atoms with Gasteiger partial charge in [-0.15, -0.1) is 17.5 Å². The van der Waals surface area contributed by atoms with Gasteiger partial charge in [-0.1, -0.05) is 12.1 Å². The Kier molecular flexibility index (Phi) is 5.80. The maximum Gasteiger partial charge on any atom is 0.224 e. The van der Waals surface area contributed by atoms with Crippen LogP contribution in [0, 0.1) is 0 Å². The molecular formula is C13H19ClN6O. The highest BCUT2D eigenvalue weighted by Crippen LogP contribution is 2.08. The van der Waals surface area contributed by atoms with Crippen LogP contribution >= 0.6 is 12.4 Å². The maximum atomic E-state index is 11.8. The summed E-state index contributed by atoms with van der Waals surface area (Å²) in [5, 5.41) is 13.8. The summed E-state index contributed by atoms with van der Waals surface area (Å²) >= 11 is 0. The number of nitrogens with two attached hydrogens (primary N) is 1. The number of nitrogens with zero attached hydrogens (tertiary/aromatic N) is 4. The lowest BCUT2D eigenvalue weighted by Gasteiger charge is -2.18. The van der Waals surface area contributed by atoms with E-state index >= 15 is 0 Å². The minimum atomic E-state index is -0.403. The number of nitrogens with one attached hydrogen (secondary N) is 1. The molecule has 1 aromatic heterocycles. The van der Waals surface area contributed by atoms with Gasteiger partial charge in [-0.25, -0.2) is 4.68 Å². The molecule has 2 rings (SSSR count). The number of carbonyl (C=O) groups is 1. The van der Waals surface area contributed by atoms with Gasteiger partial charge in [0.15, 0.2) is 0 Å². The van der Waals surface area contributed by atoms with Crippen molar-refractivity contribution in [1.82, 2.24) is 25.5 Å². The van der Waals surface area contributed by atoms with Gasteiger partial charge >= 0.3 is 0 Å². The van der Waals surface area contributed by atoms with Crippen molar-refractivity contribution in [3.63, 3.8) is 0 Å².